The smallest absolute Gasteiger partial charge is 0.259 e. The molecule has 0 unspecified atom stereocenters. The van der Waals surface area contributed by atoms with Crippen molar-refractivity contribution < 1.29 is 9.53 Å². The second kappa shape index (κ2) is 7.13. The quantitative estimate of drug-likeness (QED) is 0.759. The second-order valence-corrected chi connectivity index (χ2v) is 6.21. The molecule has 2 aromatic heterocycles. The van der Waals surface area contributed by atoms with E-state index in [1.165, 1.54) is 19.5 Å². The van der Waals surface area contributed by atoms with Crippen molar-refractivity contribution in [1.82, 2.24) is 19.7 Å². The molecular weight excluding hydrogens is 354 g/mol. The maximum Gasteiger partial charge on any atom is 0.259 e. The Kier molecular flexibility index (Phi) is 4.90. The third-order valence-electron chi connectivity index (χ3n) is 4.14. The summed E-state index contributed by atoms with van der Waals surface area (Å²) in [7, 11) is 1.49. The lowest BCUT2D eigenvalue weighted by molar-refractivity contribution is 0.102. The van der Waals surface area contributed by atoms with Gasteiger partial charge in [0.1, 0.15) is 5.75 Å². The highest BCUT2D eigenvalue weighted by Crippen LogP contribution is 2.23. The van der Waals surface area contributed by atoms with Crippen molar-refractivity contribution in [2.45, 2.75) is 20.8 Å². The summed E-state index contributed by atoms with van der Waals surface area (Å²) in [6.45, 7) is 5.90. The Morgan fingerprint density at radius 2 is 1.88 bits per heavy atom. The number of methoxy groups -OCH3 is 1. The standard InChI is InChI=1S/C18H18ClN5O2/c1-10-11(2)23-24(12(10)3)18-20-8-14(9-21-18)22-17(25)15-7-13(19)5-6-16(15)26-4/h5-9H,1-4H3,(H,22,25). The topological polar surface area (TPSA) is 81.9 Å². The van der Waals surface area contributed by atoms with Crippen molar-refractivity contribution in [1.29, 1.82) is 0 Å². The molecule has 134 valence electrons. The zero-order valence-corrected chi connectivity index (χ0v) is 15.6. The number of anilines is 1. The van der Waals surface area contributed by atoms with Crippen LogP contribution >= 0.6 is 11.6 Å². The Labute approximate surface area is 156 Å². The average molecular weight is 372 g/mol. The zero-order chi connectivity index (χ0) is 18.8. The van der Waals surface area contributed by atoms with Crippen LogP contribution in [0.2, 0.25) is 5.02 Å². The Balaban J connectivity index is 1.82. The second-order valence-electron chi connectivity index (χ2n) is 5.78. The average Bonchev–Trinajstić information content (AvgIpc) is 2.89. The summed E-state index contributed by atoms with van der Waals surface area (Å²) in [5, 5.41) is 7.61. The van der Waals surface area contributed by atoms with E-state index in [4.69, 9.17) is 16.3 Å². The van der Waals surface area contributed by atoms with Crippen molar-refractivity contribution in [3.63, 3.8) is 0 Å². The summed E-state index contributed by atoms with van der Waals surface area (Å²) < 4.78 is 6.88. The normalized spacial score (nSPS) is 10.7. The van der Waals surface area contributed by atoms with Crippen LogP contribution in [0.5, 0.6) is 5.75 Å². The van der Waals surface area contributed by atoms with E-state index < -0.39 is 0 Å². The van der Waals surface area contributed by atoms with Gasteiger partial charge in [0.2, 0.25) is 0 Å². The van der Waals surface area contributed by atoms with E-state index in [0.29, 0.717) is 28.0 Å². The first-order valence-electron chi connectivity index (χ1n) is 7.91. The molecule has 0 bridgehead atoms. The molecule has 0 radical (unpaired) electrons. The molecule has 0 aliphatic carbocycles. The Bertz CT molecular complexity index is 966. The van der Waals surface area contributed by atoms with E-state index in [-0.39, 0.29) is 5.91 Å². The van der Waals surface area contributed by atoms with Gasteiger partial charge in [0.25, 0.3) is 11.9 Å². The molecule has 1 aromatic carbocycles. The van der Waals surface area contributed by atoms with Gasteiger partial charge >= 0.3 is 0 Å². The number of nitrogens with zero attached hydrogens (tertiary/aromatic N) is 4. The van der Waals surface area contributed by atoms with Crippen molar-refractivity contribution in [3.8, 4) is 11.7 Å². The number of carbonyl (C=O) groups is 1. The lowest BCUT2D eigenvalue weighted by Crippen LogP contribution is -2.14. The number of aromatic nitrogens is 4. The Morgan fingerprint density at radius 1 is 1.19 bits per heavy atom. The van der Waals surface area contributed by atoms with Crippen LogP contribution in [0, 0.1) is 20.8 Å². The molecule has 0 aliphatic rings. The maximum absolute atomic E-state index is 12.5. The van der Waals surface area contributed by atoms with Gasteiger partial charge in [-0.15, -0.1) is 0 Å². The summed E-state index contributed by atoms with van der Waals surface area (Å²) in [5.41, 5.74) is 3.79. The van der Waals surface area contributed by atoms with E-state index in [2.05, 4.69) is 20.4 Å². The van der Waals surface area contributed by atoms with E-state index in [0.717, 1.165) is 17.0 Å². The molecule has 2 heterocycles. The van der Waals surface area contributed by atoms with Gasteiger partial charge in [-0.25, -0.2) is 14.6 Å². The van der Waals surface area contributed by atoms with Gasteiger partial charge in [-0.3, -0.25) is 4.79 Å². The minimum Gasteiger partial charge on any atom is -0.496 e. The summed E-state index contributed by atoms with van der Waals surface area (Å²) in [6, 6.07) is 4.84. The highest BCUT2D eigenvalue weighted by atomic mass is 35.5. The number of amides is 1. The lowest BCUT2D eigenvalue weighted by Gasteiger charge is -2.10. The van der Waals surface area contributed by atoms with Crippen molar-refractivity contribution >= 4 is 23.2 Å². The molecule has 0 fully saturated rings. The highest BCUT2D eigenvalue weighted by Gasteiger charge is 2.15. The molecule has 0 spiro atoms. The van der Waals surface area contributed by atoms with Gasteiger partial charge in [-0.1, -0.05) is 11.6 Å². The van der Waals surface area contributed by atoms with E-state index in [1.54, 1.807) is 22.9 Å². The fraction of sp³-hybridized carbons (Fsp3) is 0.222. The monoisotopic (exact) mass is 371 g/mol. The number of benzene rings is 1. The number of aryl methyl sites for hydroxylation is 1. The molecule has 0 saturated carbocycles. The number of ether oxygens (including phenoxy) is 1. The molecule has 7 nitrogen and oxygen atoms in total. The van der Waals surface area contributed by atoms with E-state index >= 15 is 0 Å². The lowest BCUT2D eigenvalue weighted by atomic mass is 10.2. The molecule has 26 heavy (non-hydrogen) atoms. The van der Waals surface area contributed by atoms with Crippen LogP contribution in [0.3, 0.4) is 0 Å². The van der Waals surface area contributed by atoms with E-state index in [9.17, 15) is 4.79 Å². The number of carbonyl (C=O) groups excluding carboxylic acids is 1. The zero-order valence-electron chi connectivity index (χ0n) is 14.9. The summed E-state index contributed by atoms with van der Waals surface area (Å²) in [6.07, 6.45) is 3.06. The predicted octanol–water partition coefficient (Wildman–Crippen LogP) is 3.50. The molecule has 3 rings (SSSR count). The number of hydrogen-bond acceptors (Lipinski definition) is 5. The van der Waals surface area contributed by atoms with E-state index in [1.807, 2.05) is 20.8 Å². The molecule has 0 aliphatic heterocycles. The molecule has 1 amide bonds. The minimum absolute atomic E-state index is 0.332. The highest BCUT2D eigenvalue weighted by molar-refractivity contribution is 6.31. The van der Waals surface area contributed by atoms with Gasteiger partial charge in [0, 0.05) is 10.7 Å². The number of hydrogen-bond donors (Lipinski definition) is 1. The van der Waals surface area contributed by atoms with Crippen LogP contribution in [0.25, 0.3) is 5.95 Å². The van der Waals surface area contributed by atoms with Gasteiger partial charge in [-0.05, 0) is 44.5 Å². The first-order chi connectivity index (χ1) is 12.4. The van der Waals surface area contributed by atoms with Crippen LogP contribution in [0.1, 0.15) is 27.3 Å². The Morgan fingerprint density at radius 3 is 2.46 bits per heavy atom. The predicted molar refractivity (Wildman–Crippen MR) is 99.3 cm³/mol. The van der Waals surface area contributed by atoms with Gasteiger partial charge in [0.05, 0.1) is 36.4 Å². The van der Waals surface area contributed by atoms with Crippen LogP contribution in [-0.2, 0) is 0 Å². The molecule has 1 N–H and O–H groups in total. The van der Waals surface area contributed by atoms with Gasteiger partial charge in [-0.2, -0.15) is 5.10 Å². The van der Waals surface area contributed by atoms with Crippen LogP contribution < -0.4 is 10.1 Å². The third-order valence-corrected chi connectivity index (χ3v) is 4.38. The van der Waals surface area contributed by atoms with Crippen LogP contribution in [0.4, 0.5) is 5.69 Å². The molecule has 0 atom stereocenters. The number of rotatable bonds is 4. The number of halogens is 1. The van der Waals surface area contributed by atoms with Crippen molar-refractivity contribution in [2.24, 2.45) is 0 Å². The molecule has 8 heteroatoms. The van der Waals surface area contributed by atoms with Crippen molar-refractivity contribution in [2.75, 3.05) is 12.4 Å². The fourth-order valence-electron chi connectivity index (χ4n) is 2.47. The summed E-state index contributed by atoms with van der Waals surface area (Å²) in [5.74, 6) is 0.516. The summed E-state index contributed by atoms with van der Waals surface area (Å²) in [4.78, 5) is 21.1. The van der Waals surface area contributed by atoms with Crippen LogP contribution in [-0.4, -0.2) is 32.8 Å². The minimum atomic E-state index is -0.359. The molecular formula is C18H18ClN5O2. The molecule has 0 saturated heterocycles. The van der Waals surface area contributed by atoms with Crippen LogP contribution in [0.15, 0.2) is 30.6 Å². The SMILES string of the molecule is COc1ccc(Cl)cc1C(=O)Nc1cnc(-n2nc(C)c(C)c2C)nc1. The first-order valence-corrected chi connectivity index (χ1v) is 8.28. The number of nitrogens with one attached hydrogen (secondary N) is 1. The summed E-state index contributed by atoms with van der Waals surface area (Å²) >= 11 is 5.97. The first kappa shape index (κ1) is 17.9. The Hall–Kier alpha value is -2.93. The fourth-order valence-corrected chi connectivity index (χ4v) is 2.64. The van der Waals surface area contributed by atoms with Crippen molar-refractivity contribution in [3.05, 3.63) is 58.1 Å². The maximum atomic E-state index is 12.5. The third kappa shape index (κ3) is 3.39. The molecule has 3 aromatic rings. The van der Waals surface area contributed by atoms with Gasteiger partial charge in [0.15, 0.2) is 0 Å². The largest absolute Gasteiger partial charge is 0.496 e. The van der Waals surface area contributed by atoms with Gasteiger partial charge < -0.3 is 10.1 Å².